The molecule has 0 atom stereocenters. The Hall–Kier alpha value is -11.7. The lowest BCUT2D eigenvalue weighted by molar-refractivity contribution is -0.138. The first-order valence-electron chi connectivity index (χ1n) is 24.4. The Bertz CT molecular complexity index is 4300. The van der Waals surface area contributed by atoms with Crippen LogP contribution in [0.2, 0.25) is 0 Å². The predicted octanol–water partition coefficient (Wildman–Crippen LogP) is 15.9. The minimum atomic E-state index is -4.74. The van der Waals surface area contributed by atoms with E-state index < -0.39 is 23.5 Å². The maximum Gasteiger partial charge on any atom is 0.416 e. The largest absolute Gasteiger partial charge is 0.416 e. The van der Waals surface area contributed by atoms with E-state index in [0.717, 1.165) is 24.3 Å². The van der Waals surface area contributed by atoms with Crippen LogP contribution in [0.15, 0.2) is 182 Å². The molecule has 0 unspecified atom stereocenters. The van der Waals surface area contributed by atoms with Gasteiger partial charge in [0.05, 0.1) is 97.6 Å². The number of hydrogen-bond donors (Lipinski definition) is 0. The number of benzene rings is 9. The SMILES string of the molecule is N#Cc1cc(C#N)c(-c2ccc3c(c2)c2cc(-c4c(C#N)cc(C#N)cc4C#N)ccc2n3-c2c(-c3ccc(C(F)(F)F)cc3)cc(-c3nc(-c4ccccc4)nc(-c4ccccc4)n3)cc2-c2ccc(C(F)(F)F)cc2)c(C#N)c1. The first kappa shape index (κ1) is 51.4. The van der Waals surface area contributed by atoms with Gasteiger partial charge in [-0.2, -0.15) is 57.9 Å². The fourth-order valence-electron chi connectivity index (χ4n) is 10.0. The van der Waals surface area contributed by atoms with E-state index in [1.807, 2.05) is 72.8 Å². The van der Waals surface area contributed by atoms with Crippen molar-refractivity contribution in [3.05, 3.63) is 226 Å². The van der Waals surface area contributed by atoms with Crippen LogP contribution >= 0.6 is 0 Å². The first-order chi connectivity index (χ1) is 39.1. The van der Waals surface area contributed by atoms with Gasteiger partial charge < -0.3 is 4.57 Å². The van der Waals surface area contributed by atoms with Crippen molar-refractivity contribution in [3.8, 4) is 121 Å². The second kappa shape index (κ2) is 20.4. The van der Waals surface area contributed by atoms with E-state index in [4.69, 9.17) is 15.0 Å². The van der Waals surface area contributed by atoms with Crippen molar-refractivity contribution >= 4 is 21.8 Å². The molecule has 0 bridgehead atoms. The van der Waals surface area contributed by atoms with E-state index in [9.17, 15) is 57.9 Å². The summed E-state index contributed by atoms with van der Waals surface area (Å²) < 4.78 is 88.1. The number of nitriles is 6. The average molecular weight is 1070 g/mol. The van der Waals surface area contributed by atoms with Gasteiger partial charge in [-0.15, -0.1) is 0 Å². The van der Waals surface area contributed by atoms with Crippen molar-refractivity contribution in [1.82, 2.24) is 19.5 Å². The Balaban J connectivity index is 1.30. The highest BCUT2D eigenvalue weighted by Gasteiger charge is 2.32. The van der Waals surface area contributed by atoms with Crippen LogP contribution in [0.3, 0.4) is 0 Å². The van der Waals surface area contributed by atoms with Gasteiger partial charge in [0.1, 0.15) is 0 Å². The lowest BCUT2D eigenvalue weighted by Crippen LogP contribution is -2.06. The third-order valence-electron chi connectivity index (χ3n) is 13.7. The Morgan fingerprint density at radius 3 is 0.988 bits per heavy atom. The topological polar surface area (TPSA) is 186 Å². The Kier molecular flexibility index (Phi) is 12.9. The second-order valence-corrected chi connectivity index (χ2v) is 18.5. The van der Waals surface area contributed by atoms with E-state index >= 15 is 0 Å². The van der Waals surface area contributed by atoms with Crippen molar-refractivity contribution in [1.29, 1.82) is 31.6 Å². The monoisotopic (exact) mass is 1060 g/mol. The molecule has 0 aliphatic carbocycles. The highest BCUT2D eigenvalue weighted by molar-refractivity contribution is 6.13. The molecular weight excluding hydrogens is 1030 g/mol. The quantitative estimate of drug-likeness (QED) is 0.133. The van der Waals surface area contributed by atoms with Crippen molar-refractivity contribution < 1.29 is 26.3 Å². The Labute approximate surface area is 457 Å². The lowest BCUT2D eigenvalue weighted by atomic mass is 9.91. The normalized spacial score (nSPS) is 11.3. The molecule has 0 aliphatic rings. The van der Waals surface area contributed by atoms with Crippen molar-refractivity contribution in [2.45, 2.75) is 12.4 Å². The van der Waals surface area contributed by atoms with Gasteiger partial charge in [-0.05, 0) is 107 Å². The molecule has 2 heterocycles. The van der Waals surface area contributed by atoms with Crippen LogP contribution in [0.1, 0.15) is 44.5 Å². The number of nitrogens with zero attached hydrogens (tertiary/aromatic N) is 10. The molecule has 0 saturated carbocycles. The van der Waals surface area contributed by atoms with Gasteiger partial charge in [-0.3, -0.25) is 0 Å². The molecule has 81 heavy (non-hydrogen) atoms. The summed E-state index contributed by atoms with van der Waals surface area (Å²) >= 11 is 0. The van der Waals surface area contributed by atoms with Crippen LogP contribution in [0.25, 0.3) is 106 Å². The van der Waals surface area contributed by atoms with E-state index in [1.54, 1.807) is 53.1 Å². The number of alkyl halides is 6. The smallest absolute Gasteiger partial charge is 0.308 e. The summed E-state index contributed by atoms with van der Waals surface area (Å²) in [4.78, 5) is 14.7. The molecule has 0 fully saturated rings. The molecule has 9 aromatic carbocycles. The standard InChI is InChI=1S/C65H30F6N10/c66-64(67,68)50-17-11-39(12-18-50)52-29-45(63-79-61(41-7-3-1-4-8-41)78-62(80-63)42-9-5-2-6-10-42)30-53(40-13-19-51(20-14-40)65(69,70)71)60(52)81-56-21-15-43(58-46(33-74)23-37(31-72)24-47(58)34-75)27-54(56)55-28-44(16-22-57(55)81)59-48(35-76)25-38(32-73)26-49(59)36-77/h1-30H. The van der Waals surface area contributed by atoms with Crippen LogP contribution in [-0.4, -0.2) is 19.5 Å². The van der Waals surface area contributed by atoms with Gasteiger partial charge in [-0.25, -0.2) is 15.0 Å². The summed E-state index contributed by atoms with van der Waals surface area (Å²) in [5.74, 6) is 0.653. The van der Waals surface area contributed by atoms with Crippen molar-refractivity contribution in [2.75, 3.05) is 0 Å². The highest BCUT2D eigenvalue weighted by atomic mass is 19.4. The van der Waals surface area contributed by atoms with E-state index in [0.29, 0.717) is 49.6 Å². The zero-order valence-electron chi connectivity index (χ0n) is 41.6. The summed E-state index contributed by atoms with van der Waals surface area (Å²) in [6.45, 7) is 0. The number of halogens is 6. The van der Waals surface area contributed by atoms with Crippen molar-refractivity contribution in [2.24, 2.45) is 0 Å². The first-order valence-corrected chi connectivity index (χ1v) is 24.4. The Morgan fingerprint density at radius 2 is 0.667 bits per heavy atom. The summed E-state index contributed by atoms with van der Waals surface area (Å²) in [7, 11) is 0. The van der Waals surface area contributed by atoms with E-state index in [2.05, 4.69) is 24.3 Å². The minimum Gasteiger partial charge on any atom is -0.308 e. The lowest BCUT2D eigenvalue weighted by Gasteiger charge is -2.22. The highest BCUT2D eigenvalue weighted by Crippen LogP contribution is 2.47. The fraction of sp³-hybridized carbons (Fsp3) is 0.0308. The molecule has 10 nitrogen and oxygen atoms in total. The fourth-order valence-corrected chi connectivity index (χ4v) is 10.0. The molecule has 0 aliphatic heterocycles. The summed E-state index contributed by atoms with van der Waals surface area (Å²) in [5.41, 5.74) is 3.04. The molecule has 0 radical (unpaired) electrons. The maximum atomic E-state index is 14.4. The third kappa shape index (κ3) is 9.45. The van der Waals surface area contributed by atoms with E-state index in [-0.39, 0.29) is 89.9 Å². The molecule has 382 valence electrons. The molecule has 11 rings (SSSR count). The van der Waals surface area contributed by atoms with Gasteiger partial charge in [0, 0.05) is 49.7 Å². The molecule has 2 aromatic heterocycles. The van der Waals surface area contributed by atoms with E-state index in [1.165, 1.54) is 48.5 Å². The second-order valence-electron chi connectivity index (χ2n) is 18.5. The molecular formula is C65H30F6N10. The van der Waals surface area contributed by atoms with Gasteiger partial charge in [0.2, 0.25) is 0 Å². The zero-order valence-corrected chi connectivity index (χ0v) is 41.6. The third-order valence-corrected chi connectivity index (χ3v) is 13.7. The van der Waals surface area contributed by atoms with Crippen LogP contribution in [-0.2, 0) is 12.4 Å². The molecule has 0 amide bonds. The minimum absolute atomic E-state index is 0.0122. The Morgan fingerprint density at radius 1 is 0.333 bits per heavy atom. The molecule has 0 N–H and O–H groups in total. The van der Waals surface area contributed by atoms with Gasteiger partial charge in [0.25, 0.3) is 0 Å². The molecule has 11 aromatic rings. The van der Waals surface area contributed by atoms with Crippen molar-refractivity contribution in [3.63, 3.8) is 0 Å². The van der Waals surface area contributed by atoms with Gasteiger partial charge in [0.15, 0.2) is 17.5 Å². The van der Waals surface area contributed by atoms with Crippen LogP contribution in [0, 0.1) is 68.0 Å². The summed E-state index contributed by atoms with van der Waals surface area (Å²) in [5, 5.41) is 62.2. The number of fused-ring (bicyclic) bond motifs is 3. The number of aromatic nitrogens is 4. The molecule has 0 saturated heterocycles. The number of rotatable bonds is 8. The van der Waals surface area contributed by atoms with Crippen LogP contribution < -0.4 is 0 Å². The predicted molar refractivity (Wildman–Crippen MR) is 291 cm³/mol. The average Bonchev–Trinajstić information content (AvgIpc) is 3.87. The maximum absolute atomic E-state index is 14.4. The zero-order chi connectivity index (χ0) is 56.7. The summed E-state index contributed by atoms with van der Waals surface area (Å²) in [6, 6.07) is 58.2. The summed E-state index contributed by atoms with van der Waals surface area (Å²) in [6.07, 6.45) is -9.47. The molecule has 16 heteroatoms. The van der Waals surface area contributed by atoms with Crippen LogP contribution in [0.5, 0.6) is 0 Å². The van der Waals surface area contributed by atoms with Gasteiger partial charge >= 0.3 is 12.4 Å². The van der Waals surface area contributed by atoms with Crippen LogP contribution in [0.4, 0.5) is 26.3 Å². The van der Waals surface area contributed by atoms with Gasteiger partial charge in [-0.1, -0.05) is 97.1 Å². The number of hydrogen-bond acceptors (Lipinski definition) is 9. The molecule has 0 spiro atoms.